The highest BCUT2D eigenvalue weighted by atomic mass is 32.2. The lowest BCUT2D eigenvalue weighted by molar-refractivity contribution is 0.0937. The molecule has 0 aromatic heterocycles. The molecule has 0 radical (unpaired) electrons. The normalized spacial score (nSPS) is 11.1. The van der Waals surface area contributed by atoms with E-state index in [9.17, 15) is 13.2 Å². The highest BCUT2D eigenvalue weighted by molar-refractivity contribution is 7.92. The molecule has 0 saturated carbocycles. The summed E-state index contributed by atoms with van der Waals surface area (Å²) in [4.78, 5) is 12.0. The second kappa shape index (κ2) is 7.94. The fraction of sp³-hybridized carbons (Fsp3) is 0.235. The van der Waals surface area contributed by atoms with Crippen molar-refractivity contribution in [3.05, 3.63) is 59.7 Å². The molecule has 0 saturated heterocycles. The van der Waals surface area contributed by atoms with Gasteiger partial charge in [-0.1, -0.05) is 17.7 Å². The molecule has 0 aliphatic rings. The molecule has 0 aliphatic heterocycles. The van der Waals surface area contributed by atoms with E-state index in [0.717, 1.165) is 5.56 Å². The minimum Gasteiger partial charge on any atom is -0.383 e. The Morgan fingerprint density at radius 1 is 1.04 bits per heavy atom. The number of amides is 1. The van der Waals surface area contributed by atoms with Gasteiger partial charge in [-0.3, -0.25) is 9.52 Å². The second-order valence-electron chi connectivity index (χ2n) is 5.24. The van der Waals surface area contributed by atoms with Gasteiger partial charge in [-0.25, -0.2) is 8.42 Å². The molecule has 2 aromatic rings. The van der Waals surface area contributed by atoms with Crippen LogP contribution in [0.15, 0.2) is 53.4 Å². The first kappa shape index (κ1) is 18.0. The van der Waals surface area contributed by atoms with Gasteiger partial charge < -0.3 is 10.1 Å². The molecule has 7 heteroatoms. The summed E-state index contributed by atoms with van der Waals surface area (Å²) < 4.78 is 32.1. The first-order valence-electron chi connectivity index (χ1n) is 7.39. The summed E-state index contributed by atoms with van der Waals surface area (Å²) in [5.41, 5.74) is 1.92. The summed E-state index contributed by atoms with van der Waals surface area (Å²) in [5.74, 6) is -0.275. The van der Waals surface area contributed by atoms with Gasteiger partial charge in [0.25, 0.3) is 15.9 Å². The standard InChI is InChI=1S/C17H20N2O4S/c1-13-3-7-15(8-4-13)19-24(21,22)16-9-5-14(6-10-16)17(20)18-11-12-23-2/h3-10,19H,11-12H2,1-2H3,(H,18,20). The van der Waals surface area contributed by atoms with Crippen molar-refractivity contribution in [2.75, 3.05) is 25.0 Å². The molecule has 0 aliphatic carbocycles. The largest absolute Gasteiger partial charge is 0.383 e. The molecule has 2 rings (SSSR count). The third-order valence-corrected chi connectivity index (χ3v) is 4.72. The fourth-order valence-electron chi connectivity index (χ4n) is 1.99. The maximum Gasteiger partial charge on any atom is 0.261 e. The van der Waals surface area contributed by atoms with Gasteiger partial charge in [-0.05, 0) is 43.3 Å². The molecule has 0 bridgehead atoms. The van der Waals surface area contributed by atoms with E-state index >= 15 is 0 Å². The fourth-order valence-corrected chi connectivity index (χ4v) is 3.05. The van der Waals surface area contributed by atoms with Crippen LogP contribution < -0.4 is 10.0 Å². The van der Waals surface area contributed by atoms with E-state index in [1.807, 2.05) is 19.1 Å². The number of ether oxygens (including phenoxy) is 1. The smallest absolute Gasteiger partial charge is 0.261 e. The van der Waals surface area contributed by atoms with E-state index in [-0.39, 0.29) is 10.8 Å². The summed E-state index contributed by atoms with van der Waals surface area (Å²) in [6.07, 6.45) is 0. The van der Waals surface area contributed by atoms with Crippen LogP contribution in [0.4, 0.5) is 5.69 Å². The van der Waals surface area contributed by atoms with Crippen LogP contribution in [0, 0.1) is 6.92 Å². The van der Waals surface area contributed by atoms with Crippen molar-refractivity contribution in [3.63, 3.8) is 0 Å². The van der Waals surface area contributed by atoms with Gasteiger partial charge in [0.15, 0.2) is 0 Å². The average molecular weight is 348 g/mol. The molecule has 0 atom stereocenters. The third kappa shape index (κ3) is 4.81. The van der Waals surface area contributed by atoms with Crippen molar-refractivity contribution in [2.45, 2.75) is 11.8 Å². The van der Waals surface area contributed by atoms with Crippen LogP contribution in [0.2, 0.25) is 0 Å². The lowest BCUT2D eigenvalue weighted by Crippen LogP contribution is -2.26. The lowest BCUT2D eigenvalue weighted by Gasteiger charge is -2.09. The number of nitrogens with one attached hydrogen (secondary N) is 2. The first-order chi connectivity index (χ1) is 11.4. The second-order valence-corrected chi connectivity index (χ2v) is 6.93. The van der Waals surface area contributed by atoms with Gasteiger partial charge in [0.1, 0.15) is 0 Å². The minimum atomic E-state index is -3.69. The van der Waals surface area contributed by atoms with Gasteiger partial charge in [0, 0.05) is 24.9 Å². The molecule has 0 spiro atoms. The summed E-state index contributed by atoms with van der Waals surface area (Å²) in [7, 11) is -2.14. The molecule has 2 N–H and O–H groups in total. The van der Waals surface area contributed by atoms with E-state index in [0.29, 0.717) is 24.4 Å². The lowest BCUT2D eigenvalue weighted by atomic mass is 10.2. The molecule has 0 unspecified atom stereocenters. The van der Waals surface area contributed by atoms with Crippen molar-refractivity contribution in [1.29, 1.82) is 0 Å². The average Bonchev–Trinajstić information content (AvgIpc) is 2.57. The first-order valence-corrected chi connectivity index (χ1v) is 8.87. The third-order valence-electron chi connectivity index (χ3n) is 3.32. The van der Waals surface area contributed by atoms with Crippen LogP contribution in [0.3, 0.4) is 0 Å². The Balaban J connectivity index is 2.08. The van der Waals surface area contributed by atoms with Gasteiger partial charge >= 0.3 is 0 Å². The Kier molecular flexibility index (Phi) is 5.94. The van der Waals surface area contributed by atoms with Gasteiger partial charge in [-0.2, -0.15) is 0 Å². The number of carbonyl (C=O) groups excluding carboxylic acids is 1. The van der Waals surface area contributed by atoms with Crippen molar-refractivity contribution in [3.8, 4) is 0 Å². The predicted molar refractivity (Wildman–Crippen MR) is 92.6 cm³/mol. The van der Waals surface area contributed by atoms with Crippen LogP contribution in [0.1, 0.15) is 15.9 Å². The number of anilines is 1. The number of methoxy groups -OCH3 is 1. The number of rotatable bonds is 7. The van der Waals surface area contributed by atoms with Crippen molar-refractivity contribution >= 4 is 21.6 Å². The number of hydrogen-bond donors (Lipinski definition) is 2. The Morgan fingerprint density at radius 2 is 1.67 bits per heavy atom. The molecule has 6 nitrogen and oxygen atoms in total. The van der Waals surface area contributed by atoms with Crippen LogP contribution in [-0.2, 0) is 14.8 Å². The number of hydrogen-bond acceptors (Lipinski definition) is 4. The van der Waals surface area contributed by atoms with E-state index in [1.54, 1.807) is 19.2 Å². The molecule has 0 heterocycles. The Morgan fingerprint density at radius 3 is 2.25 bits per heavy atom. The van der Waals surface area contributed by atoms with Crippen molar-refractivity contribution in [1.82, 2.24) is 5.32 Å². The monoisotopic (exact) mass is 348 g/mol. The molecule has 2 aromatic carbocycles. The van der Waals surface area contributed by atoms with Crippen molar-refractivity contribution in [2.24, 2.45) is 0 Å². The Bertz CT molecular complexity index is 784. The highest BCUT2D eigenvalue weighted by Crippen LogP contribution is 2.17. The predicted octanol–water partition coefficient (Wildman–Crippen LogP) is 2.17. The molecule has 128 valence electrons. The van der Waals surface area contributed by atoms with Crippen LogP contribution in [0.5, 0.6) is 0 Å². The number of benzene rings is 2. The van der Waals surface area contributed by atoms with E-state index in [2.05, 4.69) is 10.0 Å². The van der Waals surface area contributed by atoms with E-state index in [1.165, 1.54) is 24.3 Å². The molecular weight excluding hydrogens is 328 g/mol. The van der Waals surface area contributed by atoms with Gasteiger partial charge in [-0.15, -0.1) is 0 Å². The summed E-state index contributed by atoms with van der Waals surface area (Å²) >= 11 is 0. The molecule has 1 amide bonds. The highest BCUT2D eigenvalue weighted by Gasteiger charge is 2.15. The number of sulfonamides is 1. The van der Waals surface area contributed by atoms with Gasteiger partial charge in [0.05, 0.1) is 11.5 Å². The van der Waals surface area contributed by atoms with Gasteiger partial charge in [0.2, 0.25) is 0 Å². The van der Waals surface area contributed by atoms with Crippen molar-refractivity contribution < 1.29 is 17.9 Å². The molecular formula is C17H20N2O4S. The maximum atomic E-state index is 12.4. The zero-order chi connectivity index (χ0) is 17.6. The summed E-state index contributed by atoms with van der Waals surface area (Å²) in [6.45, 7) is 2.73. The Labute approximate surface area is 141 Å². The minimum absolute atomic E-state index is 0.0940. The quantitative estimate of drug-likeness (QED) is 0.751. The topological polar surface area (TPSA) is 84.5 Å². The van der Waals surface area contributed by atoms with Crippen LogP contribution >= 0.6 is 0 Å². The number of carbonyl (C=O) groups is 1. The number of aryl methyl sites for hydroxylation is 1. The summed E-state index contributed by atoms with van der Waals surface area (Å²) in [5, 5.41) is 2.67. The zero-order valence-electron chi connectivity index (χ0n) is 13.6. The SMILES string of the molecule is COCCNC(=O)c1ccc(S(=O)(=O)Nc2ccc(C)cc2)cc1. The van der Waals surface area contributed by atoms with E-state index < -0.39 is 10.0 Å². The van der Waals surface area contributed by atoms with Crippen LogP contribution in [-0.4, -0.2) is 34.6 Å². The van der Waals surface area contributed by atoms with Crippen LogP contribution in [0.25, 0.3) is 0 Å². The van der Waals surface area contributed by atoms with E-state index in [4.69, 9.17) is 4.74 Å². The summed E-state index contributed by atoms with van der Waals surface area (Å²) in [6, 6.07) is 12.8. The zero-order valence-corrected chi connectivity index (χ0v) is 14.4. The maximum absolute atomic E-state index is 12.4. The Hall–Kier alpha value is -2.38. The molecule has 24 heavy (non-hydrogen) atoms. The molecule has 0 fully saturated rings.